The predicted molar refractivity (Wildman–Crippen MR) is 104 cm³/mol. The van der Waals surface area contributed by atoms with Crippen molar-refractivity contribution in [1.82, 2.24) is 0 Å². The molecule has 0 spiro atoms. The molecule has 0 heterocycles. The van der Waals surface area contributed by atoms with Crippen LogP contribution in [0.5, 0.6) is 0 Å². The van der Waals surface area contributed by atoms with Gasteiger partial charge in [-0.15, -0.1) is 11.8 Å². The number of nitrogens with zero attached hydrogens (tertiary/aromatic N) is 1. The van der Waals surface area contributed by atoms with Gasteiger partial charge in [-0.2, -0.15) is 0 Å². The molecule has 0 unspecified atom stereocenters. The molecule has 0 aliphatic carbocycles. The first kappa shape index (κ1) is 15.9. The molecule has 0 aliphatic rings. The van der Waals surface area contributed by atoms with E-state index in [2.05, 4.69) is 28.1 Å². The third-order valence-electron chi connectivity index (χ3n) is 3.64. The van der Waals surface area contributed by atoms with Gasteiger partial charge in [-0.3, -0.25) is 10.3 Å². The number of rotatable bonds is 3. The van der Waals surface area contributed by atoms with Crippen molar-refractivity contribution < 1.29 is 0 Å². The molecule has 3 nitrogen and oxygen atoms in total. The second-order valence-corrected chi connectivity index (χ2v) is 6.77. The van der Waals surface area contributed by atoms with Gasteiger partial charge in [0.2, 0.25) is 0 Å². The number of halogens is 1. The molecule has 0 radical (unpaired) electrons. The second-order valence-electron chi connectivity index (χ2n) is 5.04. The van der Waals surface area contributed by atoms with Crippen LogP contribution in [-0.4, -0.2) is 12.2 Å². The quantitative estimate of drug-likeness (QED) is 0.362. The predicted octanol–water partition coefficient (Wildman–Crippen LogP) is 5.36. The molecule has 3 aromatic rings. The Morgan fingerprint density at radius 3 is 2.52 bits per heavy atom. The van der Waals surface area contributed by atoms with Crippen molar-refractivity contribution in [3.63, 3.8) is 0 Å². The number of thioether (sulfide) groups is 1. The number of benzene rings is 3. The summed E-state index contributed by atoms with van der Waals surface area (Å²) in [5.41, 5.74) is 7.69. The molecule has 116 valence electrons. The topological polar surface area (TPSA) is 53.1 Å². The Morgan fingerprint density at radius 2 is 1.78 bits per heavy atom. The SMILES string of the molecule is CSc1ccc(Br)c(N(C(=N)N)c2cccc3ccccc23)c1. The summed E-state index contributed by atoms with van der Waals surface area (Å²) >= 11 is 5.25. The molecular weight excluding hydrogens is 370 g/mol. The molecule has 3 aromatic carbocycles. The van der Waals surface area contributed by atoms with E-state index in [9.17, 15) is 0 Å². The molecule has 0 saturated heterocycles. The van der Waals surface area contributed by atoms with E-state index in [4.69, 9.17) is 11.1 Å². The summed E-state index contributed by atoms with van der Waals surface area (Å²) in [5.74, 6) is -0.0136. The number of guanidine groups is 1. The summed E-state index contributed by atoms with van der Waals surface area (Å²) in [6.45, 7) is 0. The third kappa shape index (κ3) is 3.07. The van der Waals surface area contributed by atoms with Crippen molar-refractivity contribution in [3.8, 4) is 0 Å². The lowest BCUT2D eigenvalue weighted by atomic mass is 10.1. The smallest absolute Gasteiger partial charge is 0.197 e. The first-order valence-electron chi connectivity index (χ1n) is 7.07. The van der Waals surface area contributed by atoms with E-state index in [1.807, 2.05) is 54.8 Å². The highest BCUT2D eigenvalue weighted by Gasteiger charge is 2.18. The molecule has 5 heteroatoms. The van der Waals surface area contributed by atoms with Gasteiger partial charge in [0.1, 0.15) is 0 Å². The summed E-state index contributed by atoms with van der Waals surface area (Å²) < 4.78 is 0.901. The zero-order chi connectivity index (χ0) is 16.4. The second kappa shape index (κ2) is 6.64. The summed E-state index contributed by atoms with van der Waals surface area (Å²) in [6, 6.07) is 20.2. The molecule has 0 aromatic heterocycles. The lowest BCUT2D eigenvalue weighted by Crippen LogP contribution is -2.32. The summed E-state index contributed by atoms with van der Waals surface area (Å²) in [5, 5.41) is 10.3. The molecule has 0 saturated carbocycles. The summed E-state index contributed by atoms with van der Waals surface area (Å²) in [7, 11) is 0. The van der Waals surface area contributed by atoms with Gasteiger partial charge >= 0.3 is 0 Å². The van der Waals surface area contributed by atoms with Gasteiger partial charge in [0, 0.05) is 14.8 Å². The van der Waals surface area contributed by atoms with Crippen LogP contribution in [0.15, 0.2) is 70.0 Å². The van der Waals surface area contributed by atoms with Crippen LogP contribution >= 0.6 is 27.7 Å². The molecule has 3 N–H and O–H groups in total. The number of fused-ring (bicyclic) bond motifs is 1. The minimum absolute atomic E-state index is 0.0136. The highest BCUT2D eigenvalue weighted by atomic mass is 79.9. The van der Waals surface area contributed by atoms with E-state index in [0.717, 1.165) is 31.5 Å². The number of hydrogen-bond donors (Lipinski definition) is 2. The maximum absolute atomic E-state index is 8.10. The van der Waals surface area contributed by atoms with Crippen LogP contribution in [0.2, 0.25) is 0 Å². The first-order valence-corrected chi connectivity index (χ1v) is 9.09. The Hall–Kier alpha value is -1.98. The summed E-state index contributed by atoms with van der Waals surface area (Å²) in [6.07, 6.45) is 2.03. The largest absolute Gasteiger partial charge is 0.369 e. The Morgan fingerprint density at radius 1 is 1.04 bits per heavy atom. The third-order valence-corrected chi connectivity index (χ3v) is 5.04. The van der Waals surface area contributed by atoms with E-state index >= 15 is 0 Å². The fourth-order valence-corrected chi connectivity index (χ4v) is 3.44. The Kier molecular flexibility index (Phi) is 4.59. The number of hydrogen-bond acceptors (Lipinski definition) is 2. The minimum Gasteiger partial charge on any atom is -0.369 e. The molecule has 0 aliphatic heterocycles. The first-order chi connectivity index (χ1) is 11.1. The highest BCUT2D eigenvalue weighted by Crippen LogP contribution is 2.37. The molecule has 0 amide bonds. The zero-order valence-electron chi connectivity index (χ0n) is 12.6. The van der Waals surface area contributed by atoms with E-state index in [0.29, 0.717) is 0 Å². The van der Waals surface area contributed by atoms with Crippen LogP contribution in [-0.2, 0) is 0 Å². The van der Waals surface area contributed by atoms with Crippen molar-refractivity contribution in [3.05, 3.63) is 65.1 Å². The van der Waals surface area contributed by atoms with Crippen molar-refractivity contribution in [2.75, 3.05) is 11.2 Å². The molecule has 3 rings (SSSR count). The van der Waals surface area contributed by atoms with E-state index in [-0.39, 0.29) is 5.96 Å². The van der Waals surface area contributed by atoms with Gasteiger partial charge in [-0.1, -0.05) is 36.4 Å². The van der Waals surface area contributed by atoms with E-state index < -0.39 is 0 Å². The van der Waals surface area contributed by atoms with Crippen LogP contribution in [0, 0.1) is 5.41 Å². The van der Waals surface area contributed by atoms with Gasteiger partial charge in [0.15, 0.2) is 5.96 Å². The minimum atomic E-state index is -0.0136. The van der Waals surface area contributed by atoms with Crippen molar-refractivity contribution in [2.24, 2.45) is 5.73 Å². The van der Waals surface area contributed by atoms with E-state index in [1.165, 1.54) is 0 Å². The van der Waals surface area contributed by atoms with Crippen LogP contribution < -0.4 is 10.6 Å². The molecule has 0 atom stereocenters. The fourth-order valence-electron chi connectivity index (χ4n) is 2.58. The Labute approximate surface area is 148 Å². The van der Waals surface area contributed by atoms with E-state index in [1.54, 1.807) is 16.7 Å². The molecule has 23 heavy (non-hydrogen) atoms. The lowest BCUT2D eigenvalue weighted by Gasteiger charge is -2.26. The van der Waals surface area contributed by atoms with Gasteiger partial charge in [-0.25, -0.2) is 0 Å². The number of nitrogens with two attached hydrogens (primary N) is 1. The zero-order valence-corrected chi connectivity index (χ0v) is 15.0. The highest BCUT2D eigenvalue weighted by molar-refractivity contribution is 9.10. The standard InChI is InChI=1S/C18H16BrN3S/c1-23-13-9-10-15(19)17(11-13)22(18(20)21)16-8-4-6-12-5-2-3-7-14(12)16/h2-11H,1H3,(H3,20,21). The average molecular weight is 386 g/mol. The number of anilines is 2. The van der Waals surface area contributed by atoms with Gasteiger partial charge in [0.05, 0.1) is 11.4 Å². The van der Waals surface area contributed by atoms with Crippen LogP contribution in [0.25, 0.3) is 10.8 Å². The van der Waals surface area contributed by atoms with Crippen molar-refractivity contribution in [2.45, 2.75) is 4.90 Å². The van der Waals surface area contributed by atoms with Crippen LogP contribution in [0.1, 0.15) is 0 Å². The van der Waals surface area contributed by atoms with Gasteiger partial charge < -0.3 is 5.73 Å². The van der Waals surface area contributed by atoms with Gasteiger partial charge in [-0.05, 0) is 51.8 Å². The molecule has 0 bridgehead atoms. The lowest BCUT2D eigenvalue weighted by molar-refractivity contribution is 1.24. The van der Waals surface area contributed by atoms with Crippen molar-refractivity contribution in [1.29, 1.82) is 5.41 Å². The Balaban J connectivity index is 2.25. The monoisotopic (exact) mass is 385 g/mol. The average Bonchev–Trinajstić information content (AvgIpc) is 2.57. The normalized spacial score (nSPS) is 10.7. The molecular formula is C18H16BrN3S. The van der Waals surface area contributed by atoms with Crippen molar-refractivity contribution >= 4 is 55.8 Å². The summed E-state index contributed by atoms with van der Waals surface area (Å²) in [4.78, 5) is 2.89. The maximum atomic E-state index is 8.10. The van der Waals surface area contributed by atoms with Crippen LogP contribution in [0.3, 0.4) is 0 Å². The Bertz CT molecular complexity index is 874. The number of nitrogens with one attached hydrogen (secondary N) is 1. The van der Waals surface area contributed by atoms with Crippen LogP contribution in [0.4, 0.5) is 11.4 Å². The molecule has 0 fully saturated rings. The maximum Gasteiger partial charge on any atom is 0.197 e. The van der Waals surface area contributed by atoms with Gasteiger partial charge in [0.25, 0.3) is 0 Å². The fraction of sp³-hybridized carbons (Fsp3) is 0.0556.